The largest absolute Gasteiger partial charge is 0.478 e. The summed E-state index contributed by atoms with van der Waals surface area (Å²) in [5, 5.41) is 13.5. The van der Waals surface area contributed by atoms with Gasteiger partial charge in [0.1, 0.15) is 17.3 Å². The number of aromatic nitrogens is 2. The molecule has 2 N–H and O–H groups in total. The Labute approximate surface area is 229 Å². The molecule has 0 saturated heterocycles. The summed E-state index contributed by atoms with van der Waals surface area (Å²) in [6, 6.07) is 30.7. The van der Waals surface area contributed by atoms with Gasteiger partial charge in [0.2, 0.25) is 0 Å². The van der Waals surface area contributed by atoms with Gasteiger partial charge < -0.3 is 10.4 Å². The van der Waals surface area contributed by atoms with Gasteiger partial charge in [0.05, 0.1) is 17.3 Å². The number of benzene rings is 4. The van der Waals surface area contributed by atoms with E-state index in [1.807, 2.05) is 71.1 Å². The van der Waals surface area contributed by atoms with Crippen LogP contribution in [-0.2, 0) is 13.0 Å². The standard InChI is InChI=1S/C33H24FN3O3/c34-29-15-22(14-25-8-4-5-9-28(25)29)16-31-35-20-27-17-26(23-6-2-1-3-7-23)18-30(37(27)31)32(38)36-19-21-10-12-24(13-11-21)33(39)40/h1-15,17-18,20H,16,19H2,(H,36,38)(H,39,40). The molecule has 0 radical (unpaired) electrons. The fourth-order valence-corrected chi connectivity index (χ4v) is 4.93. The van der Waals surface area contributed by atoms with Crippen molar-refractivity contribution in [3.8, 4) is 11.1 Å². The van der Waals surface area contributed by atoms with Gasteiger partial charge in [0, 0.05) is 18.4 Å². The summed E-state index contributed by atoms with van der Waals surface area (Å²) in [6.07, 6.45) is 2.05. The van der Waals surface area contributed by atoms with Crippen molar-refractivity contribution in [3.05, 3.63) is 143 Å². The second kappa shape index (κ2) is 10.5. The highest BCUT2D eigenvalue weighted by Gasteiger charge is 2.18. The molecular formula is C33H24FN3O3. The molecule has 0 bridgehead atoms. The van der Waals surface area contributed by atoms with Gasteiger partial charge in [0.25, 0.3) is 5.91 Å². The maximum Gasteiger partial charge on any atom is 0.335 e. The Bertz CT molecular complexity index is 1880. The van der Waals surface area contributed by atoms with Gasteiger partial charge in [-0.05, 0) is 58.0 Å². The number of carboxylic acids is 1. The van der Waals surface area contributed by atoms with Crippen LogP contribution in [0.3, 0.4) is 0 Å². The molecule has 0 aliphatic heterocycles. The van der Waals surface area contributed by atoms with Gasteiger partial charge in [-0.25, -0.2) is 14.2 Å². The molecule has 1 amide bonds. The summed E-state index contributed by atoms with van der Waals surface area (Å²) < 4.78 is 16.7. The van der Waals surface area contributed by atoms with Crippen LogP contribution in [0.4, 0.5) is 4.39 Å². The van der Waals surface area contributed by atoms with Crippen LogP contribution in [-0.4, -0.2) is 26.4 Å². The second-order valence-electron chi connectivity index (χ2n) is 9.59. The third-order valence-electron chi connectivity index (χ3n) is 6.93. The van der Waals surface area contributed by atoms with E-state index in [0.29, 0.717) is 23.3 Å². The Hall–Kier alpha value is -5.30. The first-order chi connectivity index (χ1) is 19.5. The quantitative estimate of drug-likeness (QED) is 0.247. The van der Waals surface area contributed by atoms with Crippen LogP contribution in [0.2, 0.25) is 0 Å². The molecule has 0 saturated carbocycles. The SMILES string of the molecule is O=C(O)c1ccc(CNC(=O)c2cc(-c3ccccc3)cc3cnc(Cc4cc(F)c5ccccc5c4)n23)cc1. The molecule has 7 heteroatoms. The van der Waals surface area contributed by atoms with Gasteiger partial charge in [0.15, 0.2) is 0 Å². The first-order valence-corrected chi connectivity index (χ1v) is 12.8. The van der Waals surface area contributed by atoms with E-state index >= 15 is 0 Å². The number of aromatic carboxylic acids is 1. The maximum absolute atomic E-state index is 14.8. The Balaban J connectivity index is 1.38. The minimum Gasteiger partial charge on any atom is -0.478 e. The van der Waals surface area contributed by atoms with Crippen molar-refractivity contribution in [3.63, 3.8) is 0 Å². The zero-order valence-electron chi connectivity index (χ0n) is 21.3. The Morgan fingerprint density at radius 1 is 0.825 bits per heavy atom. The number of hydrogen-bond acceptors (Lipinski definition) is 3. The number of imidazole rings is 1. The number of nitrogens with zero attached hydrogens (tertiary/aromatic N) is 2. The van der Waals surface area contributed by atoms with E-state index in [1.54, 1.807) is 24.4 Å². The molecule has 0 fully saturated rings. The van der Waals surface area contributed by atoms with Crippen LogP contribution in [0.25, 0.3) is 27.4 Å². The van der Waals surface area contributed by atoms with Crippen molar-refractivity contribution in [1.82, 2.24) is 14.7 Å². The van der Waals surface area contributed by atoms with Crippen LogP contribution >= 0.6 is 0 Å². The molecule has 6 nitrogen and oxygen atoms in total. The van der Waals surface area contributed by atoms with Crippen LogP contribution in [0.1, 0.15) is 37.8 Å². The normalized spacial score (nSPS) is 11.1. The Morgan fingerprint density at radius 2 is 1.57 bits per heavy atom. The zero-order valence-corrected chi connectivity index (χ0v) is 21.3. The first-order valence-electron chi connectivity index (χ1n) is 12.8. The molecular weight excluding hydrogens is 505 g/mol. The van der Waals surface area contributed by atoms with Crippen molar-refractivity contribution in [2.75, 3.05) is 0 Å². The topological polar surface area (TPSA) is 83.7 Å². The summed E-state index contributed by atoms with van der Waals surface area (Å²) in [6.45, 7) is 0.218. The highest BCUT2D eigenvalue weighted by Crippen LogP contribution is 2.26. The van der Waals surface area contributed by atoms with E-state index in [4.69, 9.17) is 5.11 Å². The highest BCUT2D eigenvalue weighted by molar-refractivity contribution is 5.95. The minimum absolute atomic E-state index is 0.181. The molecule has 0 unspecified atom stereocenters. The fraction of sp³-hybridized carbons (Fsp3) is 0.0606. The summed E-state index contributed by atoms with van der Waals surface area (Å²) in [5.74, 6) is -1.00. The molecule has 2 aromatic heterocycles. The van der Waals surface area contributed by atoms with E-state index in [1.165, 1.54) is 18.2 Å². The van der Waals surface area contributed by atoms with Crippen LogP contribution < -0.4 is 5.32 Å². The number of carbonyl (C=O) groups excluding carboxylic acids is 1. The number of rotatable bonds is 7. The third kappa shape index (κ3) is 4.92. The zero-order chi connectivity index (χ0) is 27.6. The molecule has 4 aromatic carbocycles. The third-order valence-corrected chi connectivity index (χ3v) is 6.93. The van der Waals surface area contributed by atoms with E-state index in [0.717, 1.165) is 33.2 Å². The van der Waals surface area contributed by atoms with E-state index < -0.39 is 5.97 Å². The van der Waals surface area contributed by atoms with Crippen molar-refractivity contribution >= 4 is 28.2 Å². The van der Waals surface area contributed by atoms with Crippen molar-refractivity contribution in [1.29, 1.82) is 0 Å². The van der Waals surface area contributed by atoms with E-state index in [2.05, 4.69) is 10.3 Å². The number of fused-ring (bicyclic) bond motifs is 2. The fourth-order valence-electron chi connectivity index (χ4n) is 4.93. The molecule has 6 aromatic rings. The number of amides is 1. The number of halogens is 1. The summed E-state index contributed by atoms with van der Waals surface area (Å²) >= 11 is 0. The minimum atomic E-state index is -1.00. The monoisotopic (exact) mass is 529 g/mol. The molecule has 0 aliphatic carbocycles. The molecule has 40 heavy (non-hydrogen) atoms. The Kier molecular flexibility index (Phi) is 6.54. The van der Waals surface area contributed by atoms with Crippen molar-refractivity contribution in [2.24, 2.45) is 0 Å². The van der Waals surface area contributed by atoms with Gasteiger partial charge in [-0.15, -0.1) is 0 Å². The smallest absolute Gasteiger partial charge is 0.335 e. The first kappa shape index (κ1) is 25.0. The molecule has 196 valence electrons. The lowest BCUT2D eigenvalue weighted by atomic mass is 10.0. The second-order valence-corrected chi connectivity index (χ2v) is 9.59. The summed E-state index contributed by atoms with van der Waals surface area (Å²) in [5.41, 5.74) is 4.67. The predicted octanol–water partition coefficient (Wildman–Crippen LogP) is 6.51. The predicted molar refractivity (Wildman–Crippen MR) is 152 cm³/mol. The van der Waals surface area contributed by atoms with E-state index in [9.17, 15) is 14.0 Å². The lowest BCUT2D eigenvalue weighted by molar-refractivity contribution is 0.0696. The average Bonchev–Trinajstić information content (AvgIpc) is 3.38. The Morgan fingerprint density at radius 3 is 2.35 bits per heavy atom. The maximum atomic E-state index is 14.8. The van der Waals surface area contributed by atoms with E-state index in [-0.39, 0.29) is 23.8 Å². The van der Waals surface area contributed by atoms with Gasteiger partial charge in [-0.2, -0.15) is 0 Å². The lowest BCUT2D eigenvalue weighted by Gasteiger charge is -2.13. The summed E-state index contributed by atoms with van der Waals surface area (Å²) in [7, 11) is 0. The number of hydrogen-bond donors (Lipinski definition) is 2. The average molecular weight is 530 g/mol. The number of pyridine rings is 1. The lowest BCUT2D eigenvalue weighted by Crippen LogP contribution is -2.25. The van der Waals surface area contributed by atoms with Crippen LogP contribution in [0, 0.1) is 5.82 Å². The summed E-state index contributed by atoms with van der Waals surface area (Å²) in [4.78, 5) is 29.4. The van der Waals surface area contributed by atoms with Gasteiger partial charge in [-0.1, -0.05) is 72.8 Å². The molecule has 0 spiro atoms. The van der Waals surface area contributed by atoms with Crippen LogP contribution in [0.5, 0.6) is 0 Å². The van der Waals surface area contributed by atoms with Gasteiger partial charge >= 0.3 is 5.97 Å². The van der Waals surface area contributed by atoms with Crippen LogP contribution in [0.15, 0.2) is 109 Å². The number of nitrogens with one attached hydrogen (secondary N) is 1. The van der Waals surface area contributed by atoms with Gasteiger partial charge in [-0.3, -0.25) is 9.20 Å². The molecule has 0 atom stereocenters. The highest BCUT2D eigenvalue weighted by atomic mass is 19.1. The number of carboxylic acid groups (broad SMARTS) is 1. The molecule has 0 aliphatic rings. The van der Waals surface area contributed by atoms with Crippen molar-refractivity contribution < 1.29 is 19.1 Å². The van der Waals surface area contributed by atoms with Crippen molar-refractivity contribution in [2.45, 2.75) is 13.0 Å². The molecule has 6 rings (SSSR count). The molecule has 2 heterocycles. The number of carbonyl (C=O) groups is 2.